The summed E-state index contributed by atoms with van der Waals surface area (Å²) in [5, 5.41) is 4.35. The van der Waals surface area contributed by atoms with Crippen molar-refractivity contribution >= 4 is 11.6 Å². The second kappa shape index (κ2) is 6.32. The maximum absolute atomic E-state index is 14.0. The van der Waals surface area contributed by atoms with E-state index in [0.717, 1.165) is 0 Å². The van der Waals surface area contributed by atoms with Crippen molar-refractivity contribution in [1.29, 1.82) is 0 Å². The van der Waals surface area contributed by atoms with E-state index < -0.39 is 0 Å². The fourth-order valence-corrected chi connectivity index (χ4v) is 2.93. The third-order valence-corrected chi connectivity index (χ3v) is 4.01. The van der Waals surface area contributed by atoms with Gasteiger partial charge < -0.3 is 9.26 Å². The molecule has 1 aromatic heterocycles. The first kappa shape index (κ1) is 15.4. The minimum Gasteiger partial charge on any atom is -0.375 e. The summed E-state index contributed by atoms with van der Waals surface area (Å²) in [6, 6.07) is 4.37. The van der Waals surface area contributed by atoms with Crippen molar-refractivity contribution in [3.05, 3.63) is 46.3 Å². The summed E-state index contributed by atoms with van der Waals surface area (Å²) in [6.07, 6.45) is -0.115. The van der Waals surface area contributed by atoms with Gasteiger partial charge in [0.1, 0.15) is 11.9 Å². The van der Waals surface area contributed by atoms with E-state index in [-0.39, 0.29) is 18.0 Å². The molecule has 118 valence electrons. The zero-order valence-corrected chi connectivity index (χ0v) is 13.2. The van der Waals surface area contributed by atoms with Crippen molar-refractivity contribution in [2.45, 2.75) is 32.5 Å². The van der Waals surface area contributed by atoms with Crippen LogP contribution in [0.3, 0.4) is 0 Å². The molecule has 0 unspecified atom stereocenters. The lowest BCUT2D eigenvalue weighted by atomic mass is 10.1. The number of halogens is 2. The highest BCUT2D eigenvalue weighted by Crippen LogP contribution is 2.30. The van der Waals surface area contributed by atoms with Crippen molar-refractivity contribution in [3.63, 3.8) is 0 Å². The van der Waals surface area contributed by atoms with Gasteiger partial charge in [-0.3, -0.25) is 4.90 Å². The largest absolute Gasteiger partial charge is 0.375 e. The predicted octanol–water partition coefficient (Wildman–Crippen LogP) is 3.13. The molecule has 0 spiro atoms. The van der Waals surface area contributed by atoms with Crippen molar-refractivity contribution in [1.82, 2.24) is 15.0 Å². The molecule has 0 aliphatic carbocycles. The van der Waals surface area contributed by atoms with E-state index >= 15 is 0 Å². The Hall–Kier alpha value is -1.50. The number of rotatable bonds is 3. The SMILES string of the molecule is Cc1noc([C@@H]2[C@@H](C)OCCN2Cc2cc(Cl)ccc2F)n1. The van der Waals surface area contributed by atoms with Crippen LogP contribution in [-0.4, -0.2) is 34.3 Å². The van der Waals surface area contributed by atoms with Gasteiger partial charge in [-0.05, 0) is 32.0 Å². The standard InChI is InChI=1S/C15H17ClFN3O2/c1-9-14(15-18-10(2)19-22-15)20(5-6-21-9)8-11-7-12(16)3-4-13(11)17/h3-4,7,9,14H,5-6,8H2,1-2H3/t9-,14+/m1/s1. The number of nitrogens with zero attached hydrogens (tertiary/aromatic N) is 3. The molecule has 2 aromatic rings. The number of ether oxygens (including phenoxy) is 1. The molecular formula is C15H17ClFN3O2. The summed E-state index contributed by atoms with van der Waals surface area (Å²) in [7, 11) is 0. The van der Waals surface area contributed by atoms with Crippen molar-refractivity contribution in [2.24, 2.45) is 0 Å². The molecular weight excluding hydrogens is 309 g/mol. The molecule has 1 aliphatic heterocycles. The summed E-state index contributed by atoms with van der Waals surface area (Å²) < 4.78 is 25.0. The van der Waals surface area contributed by atoms with Gasteiger partial charge in [0.25, 0.3) is 0 Å². The number of aromatic nitrogens is 2. The van der Waals surface area contributed by atoms with Gasteiger partial charge in [0, 0.05) is 23.7 Å². The summed E-state index contributed by atoms with van der Waals surface area (Å²) in [5.74, 6) is 0.790. The summed E-state index contributed by atoms with van der Waals surface area (Å²) >= 11 is 5.97. The van der Waals surface area contributed by atoms with Crippen LogP contribution in [0.2, 0.25) is 5.02 Å². The Morgan fingerprint density at radius 3 is 3.00 bits per heavy atom. The first-order valence-corrected chi connectivity index (χ1v) is 7.52. The number of morpholine rings is 1. The topological polar surface area (TPSA) is 51.4 Å². The van der Waals surface area contributed by atoms with Crippen LogP contribution < -0.4 is 0 Å². The third kappa shape index (κ3) is 3.14. The van der Waals surface area contributed by atoms with Crippen LogP contribution in [-0.2, 0) is 11.3 Å². The summed E-state index contributed by atoms with van der Waals surface area (Å²) in [5.41, 5.74) is 0.544. The van der Waals surface area contributed by atoms with E-state index in [0.29, 0.717) is 42.0 Å². The Kier molecular flexibility index (Phi) is 4.42. The second-order valence-corrected chi connectivity index (χ2v) is 5.84. The fraction of sp³-hybridized carbons (Fsp3) is 0.467. The van der Waals surface area contributed by atoms with Crippen LogP contribution in [0.15, 0.2) is 22.7 Å². The van der Waals surface area contributed by atoms with Crippen molar-refractivity contribution < 1.29 is 13.7 Å². The Labute approximate surface area is 133 Å². The van der Waals surface area contributed by atoms with E-state index in [1.807, 2.05) is 6.92 Å². The Morgan fingerprint density at radius 2 is 2.27 bits per heavy atom. The molecule has 7 heteroatoms. The fourth-order valence-electron chi connectivity index (χ4n) is 2.73. The molecule has 1 aliphatic rings. The highest BCUT2D eigenvalue weighted by molar-refractivity contribution is 6.30. The molecule has 0 bridgehead atoms. The third-order valence-electron chi connectivity index (χ3n) is 3.77. The molecule has 1 aromatic carbocycles. The molecule has 22 heavy (non-hydrogen) atoms. The minimum absolute atomic E-state index is 0.115. The van der Waals surface area contributed by atoms with Crippen LogP contribution in [0, 0.1) is 12.7 Å². The molecule has 5 nitrogen and oxygen atoms in total. The summed E-state index contributed by atoms with van der Waals surface area (Å²) in [6.45, 7) is 5.36. The van der Waals surface area contributed by atoms with Crippen LogP contribution in [0.5, 0.6) is 0 Å². The normalized spacial score (nSPS) is 22.9. The van der Waals surface area contributed by atoms with Gasteiger partial charge in [-0.25, -0.2) is 4.39 Å². The van der Waals surface area contributed by atoms with Gasteiger partial charge in [-0.2, -0.15) is 4.98 Å². The summed E-state index contributed by atoms with van der Waals surface area (Å²) in [4.78, 5) is 6.38. The zero-order valence-electron chi connectivity index (χ0n) is 12.4. The van der Waals surface area contributed by atoms with Crippen molar-refractivity contribution in [2.75, 3.05) is 13.2 Å². The van der Waals surface area contributed by atoms with Gasteiger partial charge in [-0.1, -0.05) is 16.8 Å². The second-order valence-electron chi connectivity index (χ2n) is 5.41. The Balaban J connectivity index is 1.87. The van der Waals surface area contributed by atoms with Crippen LogP contribution >= 0.6 is 11.6 Å². The van der Waals surface area contributed by atoms with E-state index in [4.69, 9.17) is 20.9 Å². The molecule has 1 fully saturated rings. The lowest BCUT2D eigenvalue weighted by Gasteiger charge is -2.37. The van der Waals surface area contributed by atoms with Crippen LogP contribution in [0.25, 0.3) is 0 Å². The molecule has 0 amide bonds. The Morgan fingerprint density at radius 1 is 1.45 bits per heavy atom. The molecule has 2 atom stereocenters. The van der Waals surface area contributed by atoms with Crippen LogP contribution in [0.1, 0.15) is 30.2 Å². The molecule has 0 radical (unpaired) electrons. The zero-order chi connectivity index (χ0) is 15.7. The molecule has 0 N–H and O–H groups in total. The predicted molar refractivity (Wildman–Crippen MR) is 79.0 cm³/mol. The number of aryl methyl sites for hydroxylation is 1. The molecule has 2 heterocycles. The van der Waals surface area contributed by atoms with Gasteiger partial charge in [-0.15, -0.1) is 0 Å². The maximum atomic E-state index is 14.0. The first-order valence-electron chi connectivity index (χ1n) is 7.14. The van der Waals surface area contributed by atoms with E-state index in [1.165, 1.54) is 6.07 Å². The highest BCUT2D eigenvalue weighted by Gasteiger charge is 2.35. The quantitative estimate of drug-likeness (QED) is 0.867. The highest BCUT2D eigenvalue weighted by atomic mass is 35.5. The van der Waals surface area contributed by atoms with Gasteiger partial charge in [0.05, 0.1) is 12.7 Å². The average molecular weight is 326 g/mol. The molecule has 1 saturated heterocycles. The number of hydrogen-bond donors (Lipinski definition) is 0. The van der Waals surface area contributed by atoms with Gasteiger partial charge in [0.15, 0.2) is 5.82 Å². The lowest BCUT2D eigenvalue weighted by Crippen LogP contribution is -2.44. The first-order chi connectivity index (χ1) is 10.5. The lowest BCUT2D eigenvalue weighted by molar-refractivity contribution is -0.0766. The number of hydrogen-bond acceptors (Lipinski definition) is 5. The minimum atomic E-state index is -0.274. The van der Waals surface area contributed by atoms with Gasteiger partial charge >= 0.3 is 0 Å². The number of benzene rings is 1. The van der Waals surface area contributed by atoms with E-state index in [9.17, 15) is 4.39 Å². The van der Waals surface area contributed by atoms with E-state index in [2.05, 4.69) is 15.0 Å². The van der Waals surface area contributed by atoms with Crippen molar-refractivity contribution in [3.8, 4) is 0 Å². The van der Waals surface area contributed by atoms with Crippen LogP contribution in [0.4, 0.5) is 4.39 Å². The molecule has 3 rings (SSSR count). The van der Waals surface area contributed by atoms with Gasteiger partial charge in [0.2, 0.25) is 5.89 Å². The average Bonchev–Trinajstić information content (AvgIpc) is 2.89. The molecule has 0 saturated carbocycles. The van der Waals surface area contributed by atoms with E-state index in [1.54, 1.807) is 19.1 Å². The monoisotopic (exact) mass is 325 g/mol. The smallest absolute Gasteiger partial charge is 0.246 e. The maximum Gasteiger partial charge on any atom is 0.246 e. The Bertz CT molecular complexity index is 664.